The molecule has 0 bridgehead atoms. The van der Waals surface area contributed by atoms with E-state index in [1.54, 1.807) is 25.6 Å². The minimum atomic E-state index is -0.327. The Bertz CT molecular complexity index is 1580. The van der Waals surface area contributed by atoms with Gasteiger partial charge < -0.3 is 30.7 Å². The summed E-state index contributed by atoms with van der Waals surface area (Å²) in [7, 11) is 1.76. The van der Waals surface area contributed by atoms with Crippen molar-refractivity contribution >= 4 is 44.6 Å². The van der Waals surface area contributed by atoms with E-state index < -0.39 is 0 Å². The Morgan fingerprint density at radius 1 is 1.21 bits per heavy atom. The molecule has 10 nitrogen and oxygen atoms in total. The minimum absolute atomic E-state index is 0.185. The summed E-state index contributed by atoms with van der Waals surface area (Å²) in [6.45, 7) is 1.66. The monoisotopic (exact) mass is 459 g/mol. The van der Waals surface area contributed by atoms with Crippen molar-refractivity contribution in [1.29, 1.82) is 0 Å². The van der Waals surface area contributed by atoms with Gasteiger partial charge in [-0.2, -0.15) is 9.97 Å². The number of halogens is 1. The summed E-state index contributed by atoms with van der Waals surface area (Å²) in [6.07, 6.45) is 4.18. The fourth-order valence-electron chi connectivity index (χ4n) is 5.40. The molecule has 2 fully saturated rings. The summed E-state index contributed by atoms with van der Waals surface area (Å²) in [4.78, 5) is 26.5. The molecule has 1 aliphatic heterocycles. The van der Waals surface area contributed by atoms with Crippen molar-refractivity contribution in [1.82, 2.24) is 29.9 Å². The van der Waals surface area contributed by atoms with Crippen LogP contribution in [0.5, 0.6) is 11.8 Å². The van der Waals surface area contributed by atoms with Crippen LogP contribution in [0.3, 0.4) is 0 Å². The molecule has 5 heterocycles. The van der Waals surface area contributed by atoms with Gasteiger partial charge in [-0.1, -0.05) is 0 Å². The average molecular weight is 459 g/mol. The molecule has 172 valence electrons. The first-order valence-electron chi connectivity index (χ1n) is 11.3. The lowest BCUT2D eigenvalue weighted by Gasteiger charge is -2.36. The third kappa shape index (κ3) is 2.83. The fraction of sp³-hybridized carbons (Fsp3) is 0.304. The van der Waals surface area contributed by atoms with Gasteiger partial charge in [0, 0.05) is 37.6 Å². The Kier molecular flexibility index (Phi) is 4.01. The molecule has 1 saturated heterocycles. The van der Waals surface area contributed by atoms with Gasteiger partial charge in [-0.15, -0.1) is 0 Å². The van der Waals surface area contributed by atoms with Crippen molar-refractivity contribution in [3.05, 3.63) is 36.5 Å². The Morgan fingerprint density at radius 2 is 2.12 bits per heavy atom. The lowest BCUT2D eigenvalue weighted by molar-refractivity contribution is 0.194. The van der Waals surface area contributed by atoms with Gasteiger partial charge in [-0.05, 0) is 30.4 Å². The van der Waals surface area contributed by atoms with Gasteiger partial charge in [0.2, 0.25) is 0 Å². The molecule has 5 N–H and O–H groups in total. The SMILES string of the molecule is CNc1cc(F)cc2c1[nH]c1nc(Oc3cnc4nc[nH]c4c3)nc(N3CC4CC(N)C4C3)c12. The van der Waals surface area contributed by atoms with E-state index in [9.17, 15) is 4.39 Å². The number of anilines is 2. The number of H-pyrrole nitrogens is 2. The summed E-state index contributed by atoms with van der Waals surface area (Å²) in [5.74, 6) is 1.87. The number of imidazole rings is 1. The van der Waals surface area contributed by atoms with E-state index in [-0.39, 0.29) is 17.9 Å². The van der Waals surface area contributed by atoms with Crippen LogP contribution in [-0.4, -0.2) is 56.1 Å². The maximum absolute atomic E-state index is 14.5. The highest BCUT2D eigenvalue weighted by Gasteiger charge is 2.46. The zero-order valence-corrected chi connectivity index (χ0v) is 18.3. The van der Waals surface area contributed by atoms with Crippen molar-refractivity contribution in [2.75, 3.05) is 30.4 Å². The van der Waals surface area contributed by atoms with Crippen LogP contribution in [0.15, 0.2) is 30.7 Å². The molecule has 0 amide bonds. The van der Waals surface area contributed by atoms with E-state index in [1.807, 2.05) is 0 Å². The molecule has 11 heteroatoms. The smallest absolute Gasteiger partial charge is 0.326 e. The number of aromatic amines is 2. The predicted molar refractivity (Wildman–Crippen MR) is 127 cm³/mol. The summed E-state index contributed by atoms with van der Waals surface area (Å²) < 4.78 is 20.5. The van der Waals surface area contributed by atoms with Gasteiger partial charge >= 0.3 is 6.01 Å². The van der Waals surface area contributed by atoms with Crippen molar-refractivity contribution in [2.24, 2.45) is 17.6 Å². The number of ether oxygens (including phenoxy) is 1. The third-order valence-corrected chi connectivity index (χ3v) is 7.13. The van der Waals surface area contributed by atoms with E-state index >= 15 is 0 Å². The highest BCUT2D eigenvalue weighted by molar-refractivity contribution is 6.14. The lowest BCUT2D eigenvalue weighted by atomic mass is 9.72. The van der Waals surface area contributed by atoms with Gasteiger partial charge in [0.05, 0.1) is 34.6 Å². The molecular formula is C23H22FN9O. The number of nitrogens with zero attached hydrogens (tertiary/aromatic N) is 5. The van der Waals surface area contributed by atoms with Crippen molar-refractivity contribution in [3.63, 3.8) is 0 Å². The number of pyridine rings is 1. The lowest BCUT2D eigenvalue weighted by Crippen LogP contribution is -2.46. The molecule has 0 radical (unpaired) electrons. The van der Waals surface area contributed by atoms with Gasteiger partial charge in [0.15, 0.2) is 11.4 Å². The zero-order valence-electron chi connectivity index (χ0n) is 18.3. The van der Waals surface area contributed by atoms with Crippen LogP contribution in [0.1, 0.15) is 6.42 Å². The third-order valence-electron chi connectivity index (χ3n) is 7.13. The minimum Gasteiger partial charge on any atom is -0.422 e. The van der Waals surface area contributed by atoms with E-state index in [0.29, 0.717) is 34.6 Å². The number of benzene rings is 1. The van der Waals surface area contributed by atoms with Crippen LogP contribution in [0.2, 0.25) is 0 Å². The van der Waals surface area contributed by atoms with E-state index in [4.69, 9.17) is 15.5 Å². The molecule has 3 atom stereocenters. The molecular weight excluding hydrogens is 437 g/mol. The van der Waals surface area contributed by atoms with Gasteiger partial charge in [0.1, 0.15) is 17.3 Å². The second kappa shape index (κ2) is 7.00. The maximum atomic E-state index is 14.5. The van der Waals surface area contributed by atoms with E-state index in [2.05, 4.69) is 35.1 Å². The summed E-state index contributed by atoms with van der Waals surface area (Å²) in [6, 6.07) is 5.19. The Labute approximate surface area is 192 Å². The van der Waals surface area contributed by atoms with Gasteiger partial charge in [-0.25, -0.2) is 14.4 Å². The highest BCUT2D eigenvalue weighted by Crippen LogP contribution is 2.44. The Balaban J connectivity index is 1.40. The second-order valence-electron chi connectivity index (χ2n) is 9.08. The summed E-state index contributed by atoms with van der Waals surface area (Å²) in [5.41, 5.74) is 9.61. The number of rotatable bonds is 4. The van der Waals surface area contributed by atoms with E-state index in [0.717, 1.165) is 47.1 Å². The van der Waals surface area contributed by atoms with Crippen LogP contribution < -0.4 is 20.7 Å². The molecule has 0 spiro atoms. The number of nitrogens with two attached hydrogens (primary N) is 1. The molecule has 3 unspecified atom stereocenters. The predicted octanol–water partition coefficient (Wildman–Crippen LogP) is 3.14. The molecule has 5 aromatic rings. The maximum Gasteiger partial charge on any atom is 0.326 e. The molecule has 4 aromatic heterocycles. The fourth-order valence-corrected chi connectivity index (χ4v) is 5.40. The zero-order chi connectivity index (χ0) is 23.0. The topological polar surface area (TPSA) is 134 Å². The first kappa shape index (κ1) is 19.5. The van der Waals surface area contributed by atoms with Crippen LogP contribution in [-0.2, 0) is 0 Å². The second-order valence-corrected chi connectivity index (χ2v) is 9.08. The first-order valence-corrected chi connectivity index (χ1v) is 11.3. The van der Waals surface area contributed by atoms with Crippen molar-refractivity contribution in [3.8, 4) is 11.8 Å². The van der Waals surface area contributed by atoms with Gasteiger partial charge in [0.25, 0.3) is 0 Å². The molecule has 1 aromatic carbocycles. The van der Waals surface area contributed by atoms with Crippen molar-refractivity contribution < 1.29 is 9.13 Å². The van der Waals surface area contributed by atoms with E-state index in [1.165, 1.54) is 12.1 Å². The normalized spacial score (nSPS) is 21.9. The Morgan fingerprint density at radius 3 is 2.94 bits per heavy atom. The summed E-state index contributed by atoms with van der Waals surface area (Å²) in [5, 5.41) is 4.56. The first-order chi connectivity index (χ1) is 16.6. The van der Waals surface area contributed by atoms with Crippen molar-refractivity contribution in [2.45, 2.75) is 12.5 Å². The number of aromatic nitrogens is 6. The molecule has 2 aliphatic rings. The van der Waals surface area contributed by atoms with Gasteiger partial charge in [-0.3, -0.25) is 0 Å². The van der Waals surface area contributed by atoms with Crippen LogP contribution in [0.25, 0.3) is 33.1 Å². The molecule has 1 saturated carbocycles. The number of nitrogens with one attached hydrogen (secondary N) is 3. The van der Waals surface area contributed by atoms with Crippen LogP contribution in [0, 0.1) is 17.7 Å². The Hall–Kier alpha value is -3.99. The largest absolute Gasteiger partial charge is 0.422 e. The average Bonchev–Trinajstić information content (AvgIpc) is 3.52. The molecule has 7 rings (SSSR count). The number of fused-ring (bicyclic) bond motifs is 5. The number of hydrogen-bond acceptors (Lipinski definition) is 8. The highest BCUT2D eigenvalue weighted by atomic mass is 19.1. The number of hydrogen-bond donors (Lipinski definition) is 4. The van der Waals surface area contributed by atoms with Crippen LogP contribution >= 0.6 is 0 Å². The summed E-state index contributed by atoms with van der Waals surface area (Å²) >= 11 is 0. The quantitative estimate of drug-likeness (QED) is 0.322. The van der Waals surface area contributed by atoms with Crippen LogP contribution in [0.4, 0.5) is 15.9 Å². The molecule has 1 aliphatic carbocycles. The molecule has 34 heavy (non-hydrogen) atoms. The standard InChI is InChI=1S/C23H22FN9O/c1-26-16-4-11(24)3-13-18-21(30-19(13)16)31-23(34-12-5-17-20(27-6-12)29-9-28-17)32-22(18)33-7-10-2-15(25)14(10)8-33/h3-6,9-10,14-15,26H,2,7-8,25H2,1H3,(H,27,28,29)(H,30,31,32).